The molecule has 2 aromatic carbocycles. The van der Waals surface area contributed by atoms with Crippen LogP contribution in [-0.2, 0) is 16.6 Å². The third-order valence-corrected chi connectivity index (χ3v) is 5.82. The summed E-state index contributed by atoms with van der Waals surface area (Å²) in [5.41, 5.74) is 2.61. The number of carbonyl (C=O) groups is 1. The Morgan fingerprint density at radius 1 is 1.07 bits per heavy atom. The van der Waals surface area contributed by atoms with Crippen LogP contribution in [0.4, 0.5) is 11.4 Å². The second kappa shape index (κ2) is 8.50. The molecule has 29 heavy (non-hydrogen) atoms. The molecule has 0 bridgehead atoms. The number of benzene rings is 2. The summed E-state index contributed by atoms with van der Waals surface area (Å²) < 4.78 is 32.8. The Morgan fingerprint density at radius 3 is 2.41 bits per heavy atom. The van der Waals surface area contributed by atoms with Crippen LogP contribution >= 0.6 is 0 Å². The molecule has 0 aliphatic heterocycles. The van der Waals surface area contributed by atoms with E-state index in [0.717, 1.165) is 5.69 Å². The summed E-state index contributed by atoms with van der Waals surface area (Å²) in [6, 6.07) is 15.2. The quantitative estimate of drug-likeness (QED) is 0.620. The number of anilines is 2. The van der Waals surface area contributed by atoms with E-state index in [9.17, 15) is 13.2 Å². The van der Waals surface area contributed by atoms with Crippen molar-refractivity contribution in [2.45, 2.75) is 18.4 Å². The van der Waals surface area contributed by atoms with E-state index in [1.807, 2.05) is 31.1 Å². The zero-order valence-corrected chi connectivity index (χ0v) is 17.3. The Morgan fingerprint density at radius 2 is 1.79 bits per heavy atom. The Kier molecular flexibility index (Phi) is 6.05. The van der Waals surface area contributed by atoms with Crippen LogP contribution in [0.5, 0.6) is 0 Å². The Hall–Kier alpha value is -3.10. The fourth-order valence-electron chi connectivity index (χ4n) is 2.72. The first kappa shape index (κ1) is 20.6. The predicted molar refractivity (Wildman–Crippen MR) is 113 cm³/mol. The van der Waals surface area contributed by atoms with E-state index in [2.05, 4.69) is 10.0 Å². The van der Waals surface area contributed by atoms with E-state index >= 15 is 0 Å². The van der Waals surface area contributed by atoms with Crippen molar-refractivity contribution in [3.05, 3.63) is 77.7 Å². The third kappa shape index (κ3) is 5.04. The highest BCUT2D eigenvalue weighted by molar-refractivity contribution is 7.89. The lowest BCUT2D eigenvalue weighted by molar-refractivity contribution is 0.102. The molecule has 0 fully saturated rings. The largest absolute Gasteiger partial charge is 0.468 e. The van der Waals surface area contributed by atoms with Gasteiger partial charge in [0.25, 0.3) is 5.91 Å². The molecule has 0 aliphatic rings. The van der Waals surface area contributed by atoms with Crippen LogP contribution in [0.15, 0.2) is 70.2 Å². The maximum absolute atomic E-state index is 12.7. The molecule has 0 atom stereocenters. The molecule has 0 spiro atoms. The summed E-state index contributed by atoms with van der Waals surface area (Å²) >= 11 is 0. The van der Waals surface area contributed by atoms with E-state index < -0.39 is 10.0 Å². The average molecular weight is 413 g/mol. The molecule has 1 amide bonds. The van der Waals surface area contributed by atoms with Crippen molar-refractivity contribution in [3.8, 4) is 0 Å². The molecule has 1 heterocycles. The minimum atomic E-state index is -3.79. The van der Waals surface area contributed by atoms with E-state index in [1.165, 1.54) is 18.4 Å². The van der Waals surface area contributed by atoms with Crippen LogP contribution in [0.3, 0.4) is 0 Å². The second-order valence-electron chi connectivity index (χ2n) is 6.78. The van der Waals surface area contributed by atoms with Gasteiger partial charge in [-0.25, -0.2) is 13.1 Å². The fourth-order valence-corrected chi connectivity index (χ4v) is 3.74. The van der Waals surface area contributed by atoms with Crippen molar-refractivity contribution in [3.63, 3.8) is 0 Å². The van der Waals surface area contributed by atoms with E-state index in [0.29, 0.717) is 22.6 Å². The standard InChI is InChI=1S/C21H23N3O4S/c1-15-6-11-19(29(26,27)22-14-18-5-4-12-28-18)13-20(15)21(25)23-16-7-9-17(10-8-16)24(2)3/h4-13,22H,14H2,1-3H3,(H,23,25). The van der Waals surface area contributed by atoms with Gasteiger partial charge in [0, 0.05) is 31.0 Å². The highest BCUT2D eigenvalue weighted by atomic mass is 32.2. The molecule has 7 nitrogen and oxygen atoms in total. The van der Waals surface area contributed by atoms with Crippen LogP contribution in [0.2, 0.25) is 0 Å². The maximum Gasteiger partial charge on any atom is 0.255 e. The van der Waals surface area contributed by atoms with E-state index in [-0.39, 0.29) is 17.3 Å². The predicted octanol–water partition coefficient (Wildman–Crippen LogP) is 3.38. The summed E-state index contributed by atoms with van der Waals surface area (Å²) in [5.74, 6) is 0.128. The van der Waals surface area contributed by atoms with Crippen LogP contribution in [0, 0.1) is 6.92 Å². The lowest BCUT2D eigenvalue weighted by atomic mass is 10.1. The van der Waals surface area contributed by atoms with E-state index in [4.69, 9.17) is 4.42 Å². The number of hydrogen-bond donors (Lipinski definition) is 2. The van der Waals surface area contributed by atoms with Gasteiger partial charge >= 0.3 is 0 Å². The lowest BCUT2D eigenvalue weighted by Gasteiger charge is -2.14. The fraction of sp³-hybridized carbons (Fsp3) is 0.190. The molecular formula is C21H23N3O4S. The summed E-state index contributed by atoms with van der Waals surface area (Å²) in [6.07, 6.45) is 1.48. The number of aryl methyl sites for hydroxylation is 1. The van der Waals surface area contributed by atoms with Gasteiger partial charge in [0.2, 0.25) is 10.0 Å². The number of carbonyl (C=O) groups excluding carboxylic acids is 1. The van der Waals surface area contributed by atoms with Gasteiger partial charge in [-0.05, 0) is 61.0 Å². The van der Waals surface area contributed by atoms with E-state index in [1.54, 1.807) is 37.3 Å². The molecule has 152 valence electrons. The Labute approximate surface area is 170 Å². The molecule has 0 radical (unpaired) electrons. The zero-order valence-electron chi connectivity index (χ0n) is 16.5. The first-order valence-electron chi connectivity index (χ1n) is 8.98. The number of sulfonamides is 1. The summed E-state index contributed by atoms with van der Waals surface area (Å²) in [5, 5.41) is 2.81. The number of nitrogens with one attached hydrogen (secondary N) is 2. The summed E-state index contributed by atoms with van der Waals surface area (Å²) in [7, 11) is 0.0740. The highest BCUT2D eigenvalue weighted by Crippen LogP contribution is 2.20. The minimum Gasteiger partial charge on any atom is -0.468 e. The third-order valence-electron chi connectivity index (χ3n) is 4.42. The van der Waals surface area contributed by atoms with Crippen LogP contribution in [0.25, 0.3) is 0 Å². The molecule has 0 aliphatic carbocycles. The average Bonchev–Trinajstić information content (AvgIpc) is 3.21. The molecular weight excluding hydrogens is 390 g/mol. The van der Waals surface area contributed by atoms with Crippen molar-refractivity contribution >= 4 is 27.3 Å². The molecule has 3 rings (SSSR count). The molecule has 2 N–H and O–H groups in total. The number of nitrogens with zero attached hydrogens (tertiary/aromatic N) is 1. The van der Waals surface area contributed by atoms with Gasteiger partial charge in [0.05, 0.1) is 17.7 Å². The first-order valence-corrected chi connectivity index (χ1v) is 10.5. The van der Waals surface area contributed by atoms with Gasteiger partial charge in [0.1, 0.15) is 5.76 Å². The zero-order chi connectivity index (χ0) is 21.0. The monoisotopic (exact) mass is 413 g/mol. The smallest absolute Gasteiger partial charge is 0.255 e. The van der Waals surface area contributed by atoms with Crippen molar-refractivity contribution in [1.29, 1.82) is 0 Å². The number of amides is 1. The lowest BCUT2D eigenvalue weighted by Crippen LogP contribution is -2.24. The van der Waals surface area contributed by atoms with Gasteiger partial charge in [-0.2, -0.15) is 0 Å². The summed E-state index contributed by atoms with van der Waals surface area (Å²) in [4.78, 5) is 14.7. The number of hydrogen-bond acceptors (Lipinski definition) is 5. The Bertz CT molecular complexity index is 1090. The number of furan rings is 1. The first-order chi connectivity index (χ1) is 13.8. The van der Waals surface area contributed by atoms with Crippen LogP contribution in [0.1, 0.15) is 21.7 Å². The minimum absolute atomic E-state index is 0.0164. The molecule has 8 heteroatoms. The topological polar surface area (TPSA) is 91.6 Å². The second-order valence-corrected chi connectivity index (χ2v) is 8.54. The van der Waals surface area contributed by atoms with Crippen molar-refractivity contribution in [1.82, 2.24) is 4.72 Å². The van der Waals surface area contributed by atoms with Crippen molar-refractivity contribution < 1.29 is 17.6 Å². The van der Waals surface area contributed by atoms with Crippen LogP contribution < -0.4 is 14.9 Å². The molecule has 0 saturated heterocycles. The number of rotatable bonds is 7. The SMILES string of the molecule is Cc1ccc(S(=O)(=O)NCc2ccco2)cc1C(=O)Nc1ccc(N(C)C)cc1. The molecule has 1 aromatic heterocycles. The molecule has 0 unspecified atom stereocenters. The van der Waals surface area contributed by atoms with Crippen molar-refractivity contribution in [2.24, 2.45) is 0 Å². The van der Waals surface area contributed by atoms with Gasteiger partial charge in [0.15, 0.2) is 0 Å². The normalized spacial score (nSPS) is 11.3. The van der Waals surface area contributed by atoms with Gasteiger partial charge < -0.3 is 14.6 Å². The van der Waals surface area contributed by atoms with Crippen molar-refractivity contribution in [2.75, 3.05) is 24.3 Å². The molecule has 3 aromatic rings. The summed E-state index contributed by atoms with van der Waals surface area (Å²) in [6.45, 7) is 1.79. The Balaban J connectivity index is 1.77. The van der Waals surface area contributed by atoms with Gasteiger partial charge in [-0.1, -0.05) is 6.07 Å². The van der Waals surface area contributed by atoms with Crippen LogP contribution in [-0.4, -0.2) is 28.4 Å². The molecule has 0 saturated carbocycles. The van der Waals surface area contributed by atoms with Gasteiger partial charge in [-0.3, -0.25) is 4.79 Å². The van der Waals surface area contributed by atoms with Gasteiger partial charge in [-0.15, -0.1) is 0 Å². The highest BCUT2D eigenvalue weighted by Gasteiger charge is 2.18. The maximum atomic E-state index is 12.7.